The van der Waals surface area contributed by atoms with E-state index in [9.17, 15) is 4.79 Å². The summed E-state index contributed by atoms with van der Waals surface area (Å²) in [5.74, 6) is 1.04. The van der Waals surface area contributed by atoms with Gasteiger partial charge in [-0.3, -0.25) is 4.79 Å². The van der Waals surface area contributed by atoms with Gasteiger partial charge in [0.2, 0.25) is 5.91 Å². The van der Waals surface area contributed by atoms with Gasteiger partial charge in [-0.05, 0) is 37.3 Å². The van der Waals surface area contributed by atoms with Crippen molar-refractivity contribution in [2.45, 2.75) is 39.5 Å². The maximum atomic E-state index is 12.0. The molecule has 2 rings (SSSR count). The van der Waals surface area contributed by atoms with Crippen molar-refractivity contribution in [1.29, 1.82) is 0 Å². The third-order valence-corrected chi connectivity index (χ3v) is 4.78. The average molecular weight is 294 g/mol. The number of amides is 1. The van der Waals surface area contributed by atoms with Crippen molar-refractivity contribution in [3.63, 3.8) is 0 Å². The monoisotopic (exact) mass is 294 g/mol. The van der Waals surface area contributed by atoms with E-state index in [0.29, 0.717) is 12.3 Å². The Morgan fingerprint density at radius 1 is 1.30 bits per heavy atom. The summed E-state index contributed by atoms with van der Waals surface area (Å²) in [6.45, 7) is 8.13. The van der Waals surface area contributed by atoms with Crippen molar-refractivity contribution in [3.8, 4) is 0 Å². The number of carbonyl (C=O) groups is 1. The van der Waals surface area contributed by atoms with E-state index in [1.807, 2.05) is 16.2 Å². The molecule has 1 fully saturated rings. The van der Waals surface area contributed by atoms with Crippen molar-refractivity contribution < 1.29 is 4.79 Å². The minimum Gasteiger partial charge on any atom is -0.340 e. The Balaban J connectivity index is 1.69. The average Bonchev–Trinajstić information content (AvgIpc) is 2.86. The van der Waals surface area contributed by atoms with E-state index in [2.05, 4.69) is 31.3 Å². The summed E-state index contributed by atoms with van der Waals surface area (Å²) >= 11 is 1.91. The van der Waals surface area contributed by atoms with E-state index in [1.54, 1.807) is 0 Å². The molecule has 1 saturated heterocycles. The predicted octanol–water partition coefficient (Wildman–Crippen LogP) is 2.70. The summed E-state index contributed by atoms with van der Waals surface area (Å²) in [4.78, 5) is 16.9. The zero-order valence-electron chi connectivity index (χ0n) is 12.7. The Morgan fingerprint density at radius 2 is 2.00 bits per heavy atom. The second-order valence-electron chi connectivity index (χ2n) is 5.95. The fourth-order valence-corrected chi connectivity index (χ4v) is 3.83. The van der Waals surface area contributed by atoms with Gasteiger partial charge < -0.3 is 10.2 Å². The van der Waals surface area contributed by atoms with E-state index < -0.39 is 0 Å². The molecule has 0 unspecified atom stereocenters. The SMILES string of the molecule is CC(C)Cc1ccc(CCCC(=O)N2CCNCC2)s1. The molecule has 4 heteroatoms. The molecule has 1 amide bonds. The summed E-state index contributed by atoms with van der Waals surface area (Å²) in [6.07, 6.45) is 3.88. The van der Waals surface area contributed by atoms with E-state index in [-0.39, 0.29) is 0 Å². The van der Waals surface area contributed by atoms with Crippen molar-refractivity contribution >= 4 is 17.2 Å². The standard InChI is InChI=1S/C16H26N2OS/c1-13(2)12-15-7-6-14(20-15)4-3-5-16(19)18-10-8-17-9-11-18/h6-7,13,17H,3-5,8-12H2,1-2H3. The molecule has 0 saturated carbocycles. The van der Waals surface area contributed by atoms with Crippen LogP contribution in [0.25, 0.3) is 0 Å². The number of hydrogen-bond donors (Lipinski definition) is 1. The van der Waals surface area contributed by atoms with Gasteiger partial charge >= 0.3 is 0 Å². The van der Waals surface area contributed by atoms with Crippen LogP contribution in [0.2, 0.25) is 0 Å². The zero-order chi connectivity index (χ0) is 14.4. The van der Waals surface area contributed by atoms with Crippen LogP contribution in [0.1, 0.15) is 36.4 Å². The summed E-state index contributed by atoms with van der Waals surface area (Å²) in [5, 5.41) is 3.28. The van der Waals surface area contributed by atoms with Crippen molar-refractivity contribution in [2.24, 2.45) is 5.92 Å². The molecule has 0 radical (unpaired) electrons. The van der Waals surface area contributed by atoms with Gasteiger partial charge in [0.1, 0.15) is 0 Å². The van der Waals surface area contributed by atoms with Gasteiger partial charge in [-0.2, -0.15) is 0 Å². The molecule has 1 aromatic heterocycles. The smallest absolute Gasteiger partial charge is 0.222 e. The first kappa shape index (κ1) is 15.5. The summed E-state index contributed by atoms with van der Waals surface area (Å²) in [7, 11) is 0. The van der Waals surface area contributed by atoms with Crippen LogP contribution in [0.3, 0.4) is 0 Å². The summed E-state index contributed by atoms with van der Waals surface area (Å²) in [6, 6.07) is 4.48. The lowest BCUT2D eigenvalue weighted by Gasteiger charge is -2.27. The molecule has 0 aromatic carbocycles. The molecular weight excluding hydrogens is 268 g/mol. The van der Waals surface area contributed by atoms with Crippen LogP contribution >= 0.6 is 11.3 Å². The first-order chi connectivity index (χ1) is 9.65. The van der Waals surface area contributed by atoms with E-state index in [4.69, 9.17) is 0 Å². The molecule has 1 aliphatic heterocycles. The molecule has 0 atom stereocenters. The Kier molecular flexibility index (Phi) is 6.05. The molecular formula is C16H26N2OS. The normalized spacial score (nSPS) is 15.8. The van der Waals surface area contributed by atoms with Crippen molar-refractivity contribution in [3.05, 3.63) is 21.9 Å². The number of rotatable bonds is 6. The quantitative estimate of drug-likeness (QED) is 0.875. The topological polar surface area (TPSA) is 32.3 Å². The lowest BCUT2D eigenvalue weighted by atomic mass is 10.1. The molecule has 1 aromatic rings. The zero-order valence-corrected chi connectivity index (χ0v) is 13.5. The molecule has 0 aliphatic carbocycles. The van der Waals surface area contributed by atoms with Crippen LogP contribution in [0.4, 0.5) is 0 Å². The third kappa shape index (κ3) is 4.91. The predicted molar refractivity (Wildman–Crippen MR) is 85.2 cm³/mol. The fraction of sp³-hybridized carbons (Fsp3) is 0.688. The number of nitrogens with zero attached hydrogens (tertiary/aromatic N) is 1. The molecule has 0 spiro atoms. The Hall–Kier alpha value is -0.870. The lowest BCUT2D eigenvalue weighted by Crippen LogP contribution is -2.46. The lowest BCUT2D eigenvalue weighted by molar-refractivity contribution is -0.131. The molecule has 112 valence electrons. The van der Waals surface area contributed by atoms with E-state index in [1.165, 1.54) is 16.2 Å². The van der Waals surface area contributed by atoms with Gasteiger partial charge in [-0.15, -0.1) is 11.3 Å². The van der Waals surface area contributed by atoms with Crippen LogP contribution in [-0.4, -0.2) is 37.0 Å². The Morgan fingerprint density at radius 3 is 2.70 bits per heavy atom. The maximum absolute atomic E-state index is 12.0. The van der Waals surface area contributed by atoms with Gasteiger partial charge in [0.15, 0.2) is 0 Å². The molecule has 1 N–H and O–H groups in total. The number of aryl methyl sites for hydroxylation is 1. The number of thiophene rings is 1. The van der Waals surface area contributed by atoms with Crippen molar-refractivity contribution in [2.75, 3.05) is 26.2 Å². The molecule has 0 bridgehead atoms. The number of carbonyl (C=O) groups excluding carboxylic acids is 1. The third-order valence-electron chi connectivity index (χ3n) is 3.61. The van der Waals surface area contributed by atoms with Crippen molar-refractivity contribution in [1.82, 2.24) is 10.2 Å². The van der Waals surface area contributed by atoms with Gasteiger partial charge in [-0.1, -0.05) is 13.8 Å². The van der Waals surface area contributed by atoms with E-state index in [0.717, 1.165) is 44.9 Å². The highest BCUT2D eigenvalue weighted by Gasteiger charge is 2.15. The van der Waals surface area contributed by atoms with Gasteiger partial charge in [0, 0.05) is 42.4 Å². The van der Waals surface area contributed by atoms with Gasteiger partial charge in [0.05, 0.1) is 0 Å². The highest BCUT2D eigenvalue weighted by atomic mass is 32.1. The van der Waals surface area contributed by atoms with E-state index >= 15 is 0 Å². The Bertz CT molecular complexity index is 422. The minimum atomic E-state index is 0.325. The number of piperazine rings is 1. The summed E-state index contributed by atoms with van der Waals surface area (Å²) < 4.78 is 0. The molecule has 20 heavy (non-hydrogen) atoms. The molecule has 3 nitrogen and oxygen atoms in total. The number of hydrogen-bond acceptors (Lipinski definition) is 3. The first-order valence-corrected chi connectivity index (χ1v) is 8.53. The summed E-state index contributed by atoms with van der Waals surface area (Å²) in [5.41, 5.74) is 0. The number of nitrogens with one attached hydrogen (secondary N) is 1. The maximum Gasteiger partial charge on any atom is 0.222 e. The highest BCUT2D eigenvalue weighted by molar-refractivity contribution is 7.11. The largest absolute Gasteiger partial charge is 0.340 e. The molecule has 1 aliphatic rings. The second kappa shape index (κ2) is 7.79. The van der Waals surface area contributed by atoms with Crippen LogP contribution in [0.15, 0.2) is 12.1 Å². The van der Waals surface area contributed by atoms with Crippen LogP contribution < -0.4 is 5.32 Å². The van der Waals surface area contributed by atoms with Gasteiger partial charge in [-0.25, -0.2) is 0 Å². The van der Waals surface area contributed by atoms with Crippen LogP contribution in [-0.2, 0) is 17.6 Å². The first-order valence-electron chi connectivity index (χ1n) is 7.71. The van der Waals surface area contributed by atoms with Crippen LogP contribution in [0.5, 0.6) is 0 Å². The van der Waals surface area contributed by atoms with Gasteiger partial charge in [0.25, 0.3) is 0 Å². The fourth-order valence-electron chi connectivity index (χ4n) is 2.55. The Labute approximate surface area is 126 Å². The molecule has 2 heterocycles. The van der Waals surface area contributed by atoms with Crippen LogP contribution in [0, 0.1) is 5.92 Å². The highest BCUT2D eigenvalue weighted by Crippen LogP contribution is 2.21. The second-order valence-corrected chi connectivity index (χ2v) is 7.20. The minimum absolute atomic E-state index is 0.325.